The van der Waals surface area contributed by atoms with E-state index in [1.54, 1.807) is 24.3 Å². The molecule has 1 saturated heterocycles. The van der Waals surface area contributed by atoms with Crippen LogP contribution in [-0.4, -0.2) is 53.7 Å². The van der Waals surface area contributed by atoms with E-state index in [2.05, 4.69) is 71.3 Å². The van der Waals surface area contributed by atoms with Gasteiger partial charge in [0.25, 0.3) is 5.09 Å². The number of hydrogen-bond donors (Lipinski definition) is 1. The topological polar surface area (TPSA) is 134 Å². The van der Waals surface area contributed by atoms with Gasteiger partial charge in [-0.05, 0) is 86.8 Å². The predicted molar refractivity (Wildman–Crippen MR) is 194 cm³/mol. The summed E-state index contributed by atoms with van der Waals surface area (Å²) in [5.74, 6) is 1.63. The van der Waals surface area contributed by atoms with Gasteiger partial charge in [0.2, 0.25) is 6.41 Å². The fourth-order valence-electron chi connectivity index (χ4n) is 5.30. The summed E-state index contributed by atoms with van der Waals surface area (Å²) < 4.78 is 10.1. The molecule has 2 aromatic carbocycles. The fourth-order valence-corrected chi connectivity index (χ4v) is 6.89. The van der Waals surface area contributed by atoms with E-state index in [0.29, 0.717) is 18.6 Å². The molecule has 1 heterocycles. The first-order valence-corrected chi connectivity index (χ1v) is 18.6. The zero-order chi connectivity index (χ0) is 35.5. The van der Waals surface area contributed by atoms with Crippen molar-refractivity contribution in [3.05, 3.63) is 88.0 Å². The Morgan fingerprint density at radius 3 is 2.45 bits per heavy atom. The SMILES string of the molecule is CC(NC=O)C(=O)Oc1ccc(CCOC(=O)CCCO[N+](=O)[O-])cc1.CCCC/C=C\CC1CCSC1CCCCCc1ccccc1. The van der Waals surface area contributed by atoms with Gasteiger partial charge in [-0.2, -0.15) is 11.8 Å². The average molecular weight is 699 g/mol. The van der Waals surface area contributed by atoms with Crippen LogP contribution >= 0.6 is 11.8 Å². The maximum absolute atomic E-state index is 11.6. The Kier molecular flexibility index (Phi) is 22.0. The van der Waals surface area contributed by atoms with Crippen LogP contribution in [0.4, 0.5) is 0 Å². The van der Waals surface area contributed by atoms with Crippen LogP contribution in [0, 0.1) is 16.0 Å². The number of nitrogens with one attached hydrogen (secondary N) is 1. The molecule has 3 unspecified atom stereocenters. The average Bonchev–Trinajstić information content (AvgIpc) is 3.55. The molecule has 0 spiro atoms. The van der Waals surface area contributed by atoms with Crippen molar-refractivity contribution < 1.29 is 33.8 Å². The minimum absolute atomic E-state index is 0.0374. The van der Waals surface area contributed by atoms with Gasteiger partial charge in [-0.15, -0.1) is 10.1 Å². The van der Waals surface area contributed by atoms with Gasteiger partial charge in [-0.1, -0.05) is 87.2 Å². The number of hydrogen-bond acceptors (Lipinski definition) is 9. The molecule has 0 bridgehead atoms. The zero-order valence-corrected chi connectivity index (χ0v) is 29.9. The van der Waals surface area contributed by atoms with E-state index < -0.39 is 23.1 Å². The number of carbonyl (C=O) groups is 3. The first-order chi connectivity index (χ1) is 23.8. The van der Waals surface area contributed by atoms with Gasteiger partial charge in [0.1, 0.15) is 11.8 Å². The predicted octanol–water partition coefficient (Wildman–Crippen LogP) is 7.85. The summed E-state index contributed by atoms with van der Waals surface area (Å²) in [5, 5.41) is 12.3. The van der Waals surface area contributed by atoms with Gasteiger partial charge < -0.3 is 19.6 Å². The molecule has 0 aliphatic carbocycles. The Labute approximate surface area is 295 Å². The lowest BCUT2D eigenvalue weighted by molar-refractivity contribution is -0.757. The molecule has 0 radical (unpaired) electrons. The number of carbonyl (C=O) groups excluding carboxylic acids is 3. The zero-order valence-electron chi connectivity index (χ0n) is 29.1. The highest BCUT2D eigenvalue weighted by Gasteiger charge is 2.26. The lowest BCUT2D eigenvalue weighted by atomic mass is 9.94. The van der Waals surface area contributed by atoms with E-state index in [4.69, 9.17) is 9.47 Å². The van der Waals surface area contributed by atoms with Crippen LogP contribution in [0.25, 0.3) is 0 Å². The largest absolute Gasteiger partial charge is 0.465 e. The highest BCUT2D eigenvalue weighted by Crippen LogP contribution is 2.38. The molecule has 0 aromatic heterocycles. The molecule has 1 amide bonds. The van der Waals surface area contributed by atoms with E-state index in [1.165, 1.54) is 82.4 Å². The van der Waals surface area contributed by atoms with Crippen LogP contribution in [0.1, 0.15) is 95.6 Å². The molecule has 11 heteroatoms. The van der Waals surface area contributed by atoms with Crippen molar-refractivity contribution in [2.24, 2.45) is 5.92 Å². The van der Waals surface area contributed by atoms with Gasteiger partial charge in [0.05, 0.1) is 13.2 Å². The molecule has 0 saturated carbocycles. The number of rotatable bonds is 23. The number of esters is 2. The Bertz CT molecular complexity index is 1240. The Morgan fingerprint density at radius 2 is 1.73 bits per heavy atom. The summed E-state index contributed by atoms with van der Waals surface area (Å²) in [6.45, 7) is 3.79. The standard InChI is InChI=1S/C22H34S.C16H20N2O8/c1-2-3-4-5-11-16-21-18-19-23-22(21)17-12-7-10-15-20-13-8-6-9-14-20;1-12(17-11-19)16(21)26-14-6-4-13(5-7-14)8-10-24-15(20)3-2-9-25-18(22)23/h5-6,8-9,11,13-14,21-22H,2-4,7,10,12,15-19H2,1H3;4-7,11-12H,2-3,8-10H2,1H3,(H,17,19)/b11-5-;. The van der Waals surface area contributed by atoms with Crippen molar-refractivity contribution in [2.45, 2.75) is 109 Å². The van der Waals surface area contributed by atoms with Crippen LogP contribution in [0.2, 0.25) is 0 Å². The summed E-state index contributed by atoms with van der Waals surface area (Å²) >= 11 is 2.24. The van der Waals surface area contributed by atoms with Gasteiger partial charge in [0.15, 0.2) is 0 Å². The molecule has 10 nitrogen and oxygen atoms in total. The van der Waals surface area contributed by atoms with Crippen LogP contribution in [0.15, 0.2) is 66.7 Å². The highest BCUT2D eigenvalue weighted by molar-refractivity contribution is 8.00. The van der Waals surface area contributed by atoms with Crippen molar-refractivity contribution in [3.8, 4) is 5.75 Å². The highest BCUT2D eigenvalue weighted by atomic mass is 32.2. The van der Waals surface area contributed by atoms with E-state index in [0.717, 1.165) is 16.7 Å². The number of benzene rings is 2. The summed E-state index contributed by atoms with van der Waals surface area (Å²) in [4.78, 5) is 47.4. The van der Waals surface area contributed by atoms with E-state index >= 15 is 0 Å². The minimum atomic E-state index is -0.911. The Balaban J connectivity index is 0.000000342. The molecular weight excluding hydrogens is 644 g/mol. The van der Waals surface area contributed by atoms with Crippen molar-refractivity contribution in [3.63, 3.8) is 0 Å². The molecule has 1 fully saturated rings. The number of aryl methyl sites for hydroxylation is 1. The number of ether oxygens (including phenoxy) is 2. The van der Waals surface area contributed by atoms with Gasteiger partial charge in [-0.25, -0.2) is 4.79 Å². The molecule has 1 N–H and O–H groups in total. The third-order valence-corrected chi connectivity index (χ3v) is 9.68. The van der Waals surface area contributed by atoms with E-state index in [9.17, 15) is 24.5 Å². The fraction of sp³-hybridized carbons (Fsp3) is 0.553. The van der Waals surface area contributed by atoms with Crippen molar-refractivity contribution in [2.75, 3.05) is 19.0 Å². The second kappa shape index (κ2) is 26.1. The summed E-state index contributed by atoms with van der Waals surface area (Å²) in [5.41, 5.74) is 2.37. The van der Waals surface area contributed by atoms with Crippen LogP contribution in [-0.2, 0) is 36.8 Å². The molecule has 3 rings (SSSR count). The Hall–Kier alpha value is -3.86. The number of nitrogens with zero attached hydrogens (tertiary/aromatic N) is 1. The third kappa shape index (κ3) is 19.7. The number of unbranched alkanes of at least 4 members (excludes halogenated alkanes) is 4. The monoisotopic (exact) mass is 698 g/mol. The molecule has 1 aliphatic rings. The van der Waals surface area contributed by atoms with E-state index in [1.807, 2.05) is 0 Å². The number of thioether (sulfide) groups is 1. The molecule has 3 atom stereocenters. The van der Waals surface area contributed by atoms with Crippen molar-refractivity contribution >= 4 is 30.1 Å². The molecule has 1 aliphatic heterocycles. The summed E-state index contributed by atoms with van der Waals surface area (Å²) in [6.07, 6.45) is 19.6. The quantitative estimate of drug-likeness (QED) is 0.0234. The summed E-state index contributed by atoms with van der Waals surface area (Å²) in [7, 11) is 0. The first kappa shape index (κ1) is 41.3. The second-order valence-corrected chi connectivity index (χ2v) is 13.4. The van der Waals surface area contributed by atoms with Crippen molar-refractivity contribution in [1.82, 2.24) is 5.32 Å². The number of allylic oxidation sites excluding steroid dienone is 2. The molecule has 270 valence electrons. The van der Waals surface area contributed by atoms with Crippen molar-refractivity contribution in [1.29, 1.82) is 0 Å². The van der Waals surface area contributed by atoms with Gasteiger partial charge >= 0.3 is 11.9 Å². The lowest BCUT2D eigenvalue weighted by Crippen LogP contribution is -2.35. The normalized spacial score (nSPS) is 15.9. The molecular formula is C38H54N2O8S. The van der Waals surface area contributed by atoms with Crippen LogP contribution in [0.5, 0.6) is 5.75 Å². The van der Waals surface area contributed by atoms with Gasteiger partial charge in [-0.3, -0.25) is 9.59 Å². The maximum Gasteiger partial charge on any atom is 0.333 e. The minimum Gasteiger partial charge on any atom is -0.465 e. The molecule has 2 aromatic rings. The second-order valence-electron chi connectivity index (χ2n) is 12.1. The molecule has 49 heavy (non-hydrogen) atoms. The van der Waals surface area contributed by atoms with Crippen LogP contribution < -0.4 is 10.1 Å². The summed E-state index contributed by atoms with van der Waals surface area (Å²) in [6, 6.07) is 16.8. The van der Waals surface area contributed by atoms with Gasteiger partial charge in [0, 0.05) is 18.1 Å². The number of amides is 1. The Morgan fingerprint density at radius 1 is 0.980 bits per heavy atom. The smallest absolute Gasteiger partial charge is 0.333 e. The first-order valence-electron chi connectivity index (χ1n) is 17.6. The lowest BCUT2D eigenvalue weighted by Gasteiger charge is -2.17. The van der Waals surface area contributed by atoms with Crippen LogP contribution in [0.3, 0.4) is 0 Å². The maximum atomic E-state index is 11.6. The third-order valence-electron chi connectivity index (χ3n) is 8.16. The van der Waals surface area contributed by atoms with E-state index in [-0.39, 0.29) is 26.1 Å².